The average molecular weight is 292 g/mol. The van der Waals surface area contributed by atoms with E-state index in [0.717, 1.165) is 0 Å². The van der Waals surface area contributed by atoms with Gasteiger partial charge in [0.1, 0.15) is 6.04 Å². The molecule has 0 radical (unpaired) electrons. The molecule has 7 heteroatoms. The third-order valence-corrected chi connectivity index (χ3v) is 3.85. The van der Waals surface area contributed by atoms with Crippen LogP contribution in [0.2, 0.25) is 5.02 Å². The van der Waals surface area contributed by atoms with Crippen molar-refractivity contribution in [1.82, 2.24) is 4.72 Å². The lowest BCUT2D eigenvalue weighted by Crippen LogP contribution is -2.39. The molecule has 0 aromatic heterocycles. The number of esters is 1. The maximum absolute atomic E-state index is 11.9. The van der Waals surface area contributed by atoms with Gasteiger partial charge in [-0.05, 0) is 32.0 Å². The highest BCUT2D eigenvalue weighted by Gasteiger charge is 2.22. The number of ether oxygens (including phenoxy) is 1. The van der Waals surface area contributed by atoms with E-state index in [1.807, 2.05) is 0 Å². The second-order valence-corrected chi connectivity index (χ2v) is 5.70. The van der Waals surface area contributed by atoms with Crippen LogP contribution in [0.1, 0.15) is 13.8 Å². The third kappa shape index (κ3) is 3.97. The molecule has 0 aliphatic carbocycles. The van der Waals surface area contributed by atoms with Gasteiger partial charge in [0.15, 0.2) is 0 Å². The van der Waals surface area contributed by atoms with Crippen LogP contribution in [-0.2, 0) is 19.6 Å². The van der Waals surface area contributed by atoms with E-state index in [-0.39, 0.29) is 11.5 Å². The summed E-state index contributed by atoms with van der Waals surface area (Å²) in [6, 6.07) is 4.84. The zero-order valence-corrected chi connectivity index (χ0v) is 11.6. The van der Waals surface area contributed by atoms with Crippen molar-refractivity contribution in [3.8, 4) is 0 Å². The Bertz CT molecular complexity index is 530. The van der Waals surface area contributed by atoms with Crippen LogP contribution in [0.15, 0.2) is 29.2 Å². The number of nitrogens with one attached hydrogen (secondary N) is 1. The van der Waals surface area contributed by atoms with Crippen molar-refractivity contribution in [2.75, 3.05) is 6.61 Å². The molecular weight excluding hydrogens is 278 g/mol. The van der Waals surface area contributed by atoms with E-state index < -0.39 is 22.0 Å². The topological polar surface area (TPSA) is 72.5 Å². The number of rotatable bonds is 5. The highest BCUT2D eigenvalue weighted by Crippen LogP contribution is 2.15. The van der Waals surface area contributed by atoms with Gasteiger partial charge in [-0.15, -0.1) is 0 Å². The molecule has 0 amide bonds. The monoisotopic (exact) mass is 291 g/mol. The van der Waals surface area contributed by atoms with E-state index in [1.165, 1.54) is 25.1 Å². The molecule has 0 aliphatic heterocycles. The number of hydrogen-bond acceptors (Lipinski definition) is 4. The SMILES string of the molecule is CCOC(=O)C(C)NS(=O)(=O)c1cccc(Cl)c1. The van der Waals surface area contributed by atoms with Gasteiger partial charge in [0.05, 0.1) is 11.5 Å². The largest absolute Gasteiger partial charge is 0.465 e. The van der Waals surface area contributed by atoms with Gasteiger partial charge in [-0.25, -0.2) is 8.42 Å². The van der Waals surface area contributed by atoms with Crippen molar-refractivity contribution >= 4 is 27.6 Å². The molecule has 1 aromatic carbocycles. The maximum Gasteiger partial charge on any atom is 0.323 e. The number of hydrogen-bond donors (Lipinski definition) is 1. The average Bonchev–Trinajstić information content (AvgIpc) is 2.28. The number of carbonyl (C=O) groups is 1. The van der Waals surface area contributed by atoms with E-state index in [4.69, 9.17) is 16.3 Å². The van der Waals surface area contributed by atoms with Crippen LogP contribution in [0.5, 0.6) is 0 Å². The molecule has 0 saturated heterocycles. The molecule has 1 N–H and O–H groups in total. The molecule has 0 spiro atoms. The Morgan fingerprint density at radius 3 is 2.72 bits per heavy atom. The van der Waals surface area contributed by atoms with E-state index in [2.05, 4.69) is 4.72 Å². The van der Waals surface area contributed by atoms with Gasteiger partial charge in [0.2, 0.25) is 10.0 Å². The maximum atomic E-state index is 11.9. The van der Waals surface area contributed by atoms with Crippen LogP contribution in [0, 0.1) is 0 Å². The van der Waals surface area contributed by atoms with Crippen molar-refractivity contribution in [1.29, 1.82) is 0 Å². The summed E-state index contributed by atoms with van der Waals surface area (Å²) in [6.07, 6.45) is 0. The van der Waals surface area contributed by atoms with Crippen molar-refractivity contribution in [2.45, 2.75) is 24.8 Å². The molecule has 18 heavy (non-hydrogen) atoms. The number of carbonyl (C=O) groups excluding carboxylic acids is 1. The molecule has 1 atom stereocenters. The van der Waals surface area contributed by atoms with Gasteiger partial charge in [0, 0.05) is 5.02 Å². The van der Waals surface area contributed by atoms with Crippen molar-refractivity contribution in [2.24, 2.45) is 0 Å². The van der Waals surface area contributed by atoms with E-state index in [0.29, 0.717) is 5.02 Å². The van der Waals surface area contributed by atoms with Crippen molar-refractivity contribution < 1.29 is 17.9 Å². The highest BCUT2D eigenvalue weighted by atomic mass is 35.5. The van der Waals surface area contributed by atoms with Crippen molar-refractivity contribution in [3.63, 3.8) is 0 Å². The smallest absolute Gasteiger partial charge is 0.323 e. The molecule has 0 saturated carbocycles. The molecule has 0 fully saturated rings. The molecule has 1 unspecified atom stereocenters. The predicted molar refractivity (Wildman–Crippen MR) is 67.9 cm³/mol. The van der Waals surface area contributed by atoms with Crippen LogP contribution in [0.4, 0.5) is 0 Å². The Morgan fingerprint density at radius 1 is 1.50 bits per heavy atom. The van der Waals surface area contributed by atoms with Gasteiger partial charge in [-0.1, -0.05) is 17.7 Å². The van der Waals surface area contributed by atoms with Crippen LogP contribution >= 0.6 is 11.6 Å². The van der Waals surface area contributed by atoms with Gasteiger partial charge in [-0.2, -0.15) is 4.72 Å². The first-order valence-corrected chi connectivity index (χ1v) is 7.17. The molecular formula is C11H14ClNO4S. The fraction of sp³-hybridized carbons (Fsp3) is 0.364. The Morgan fingerprint density at radius 2 is 2.17 bits per heavy atom. The Hall–Kier alpha value is -1.11. The quantitative estimate of drug-likeness (QED) is 0.836. The zero-order valence-electron chi connectivity index (χ0n) is 10.0. The second-order valence-electron chi connectivity index (χ2n) is 3.55. The number of halogens is 1. The summed E-state index contributed by atoms with van der Waals surface area (Å²) in [5.41, 5.74) is 0. The Labute approximate surface area is 111 Å². The summed E-state index contributed by atoms with van der Waals surface area (Å²) >= 11 is 5.72. The molecule has 0 heterocycles. The summed E-state index contributed by atoms with van der Waals surface area (Å²) < 4.78 is 30.8. The van der Waals surface area contributed by atoms with E-state index in [1.54, 1.807) is 13.0 Å². The lowest BCUT2D eigenvalue weighted by atomic mass is 10.4. The first-order chi connectivity index (χ1) is 8.36. The summed E-state index contributed by atoms with van der Waals surface area (Å²) in [6.45, 7) is 3.26. The minimum Gasteiger partial charge on any atom is -0.465 e. The summed E-state index contributed by atoms with van der Waals surface area (Å²) in [5, 5.41) is 0.307. The molecule has 100 valence electrons. The van der Waals surface area contributed by atoms with E-state index >= 15 is 0 Å². The van der Waals surface area contributed by atoms with Gasteiger partial charge >= 0.3 is 5.97 Å². The van der Waals surface area contributed by atoms with Crippen LogP contribution in [0.3, 0.4) is 0 Å². The minimum atomic E-state index is -3.78. The first-order valence-electron chi connectivity index (χ1n) is 5.31. The molecule has 0 aliphatic rings. The van der Waals surface area contributed by atoms with Gasteiger partial charge in [0.25, 0.3) is 0 Å². The first kappa shape index (κ1) is 14.9. The zero-order chi connectivity index (χ0) is 13.8. The Balaban J connectivity index is 2.86. The predicted octanol–water partition coefficient (Wildman–Crippen LogP) is 1.57. The fourth-order valence-electron chi connectivity index (χ4n) is 1.25. The lowest BCUT2D eigenvalue weighted by molar-refractivity contribution is -0.144. The van der Waals surface area contributed by atoms with Crippen LogP contribution in [0.25, 0.3) is 0 Å². The standard InChI is InChI=1S/C11H14ClNO4S/c1-3-17-11(14)8(2)13-18(15,16)10-6-4-5-9(12)7-10/h4-8,13H,3H2,1-2H3. The van der Waals surface area contributed by atoms with E-state index in [9.17, 15) is 13.2 Å². The number of sulfonamides is 1. The second kappa shape index (κ2) is 6.17. The molecule has 1 rings (SSSR count). The molecule has 0 bridgehead atoms. The summed E-state index contributed by atoms with van der Waals surface area (Å²) in [4.78, 5) is 11.3. The van der Waals surface area contributed by atoms with Gasteiger partial charge < -0.3 is 4.74 Å². The lowest BCUT2D eigenvalue weighted by Gasteiger charge is -2.13. The van der Waals surface area contributed by atoms with Crippen molar-refractivity contribution in [3.05, 3.63) is 29.3 Å². The minimum absolute atomic E-state index is 0.00569. The summed E-state index contributed by atoms with van der Waals surface area (Å²) in [7, 11) is -3.78. The highest BCUT2D eigenvalue weighted by molar-refractivity contribution is 7.89. The Kier molecular flexibility index (Phi) is 5.13. The normalized spacial score (nSPS) is 13.1. The fourth-order valence-corrected chi connectivity index (χ4v) is 2.74. The van der Waals surface area contributed by atoms with Crippen LogP contribution < -0.4 is 4.72 Å². The number of benzene rings is 1. The summed E-state index contributed by atoms with van der Waals surface area (Å²) in [5.74, 6) is -0.622. The molecule has 5 nitrogen and oxygen atoms in total. The van der Waals surface area contributed by atoms with Crippen LogP contribution in [-0.4, -0.2) is 27.0 Å². The molecule has 1 aromatic rings. The van der Waals surface area contributed by atoms with Gasteiger partial charge in [-0.3, -0.25) is 4.79 Å². The third-order valence-electron chi connectivity index (χ3n) is 2.08.